The van der Waals surface area contributed by atoms with Crippen LogP contribution >= 0.6 is 0 Å². The maximum atomic E-state index is 13.6. The fourth-order valence-corrected chi connectivity index (χ4v) is 4.52. The van der Waals surface area contributed by atoms with Gasteiger partial charge >= 0.3 is 6.03 Å². The molecular weight excluding hydrogens is 370 g/mol. The summed E-state index contributed by atoms with van der Waals surface area (Å²) >= 11 is 0. The summed E-state index contributed by atoms with van der Waals surface area (Å²) in [6.07, 6.45) is 0.670. The van der Waals surface area contributed by atoms with Crippen LogP contribution in [0, 0.1) is 0 Å². The molecule has 0 spiro atoms. The molecule has 5 rings (SSSR count). The van der Waals surface area contributed by atoms with E-state index in [1.54, 1.807) is 43.4 Å². The Morgan fingerprint density at radius 2 is 1.79 bits per heavy atom. The molecule has 1 atom stereocenters. The van der Waals surface area contributed by atoms with E-state index in [0.717, 1.165) is 27.9 Å². The number of methoxy groups -OCH3 is 2. The standard InChI is InChI=1S/C22H21N3O4/c1-22-19-16(17-12-15(29-3)7-8-18(17)23-19)9-10-24(22)21(27)25(20(22)26)13-5-4-6-14(11-13)28-2/h4-8,11-12,23H,9-10H2,1-3H3/t22-/m0/s1. The molecule has 0 unspecified atom stereocenters. The SMILES string of the molecule is COc1cccc(N2C(=O)N3CCc4c([nH]c5ccc(OC)cc45)[C@@]3(C)C2=O)c1. The largest absolute Gasteiger partial charge is 0.497 e. The van der Waals surface area contributed by atoms with E-state index in [9.17, 15) is 9.59 Å². The Morgan fingerprint density at radius 3 is 2.55 bits per heavy atom. The lowest BCUT2D eigenvalue weighted by molar-refractivity contribution is -0.125. The lowest BCUT2D eigenvalue weighted by Gasteiger charge is -2.35. The van der Waals surface area contributed by atoms with E-state index in [2.05, 4.69) is 4.98 Å². The highest BCUT2D eigenvalue weighted by Crippen LogP contribution is 2.45. The van der Waals surface area contributed by atoms with E-state index < -0.39 is 5.54 Å². The van der Waals surface area contributed by atoms with Crippen LogP contribution < -0.4 is 14.4 Å². The number of nitrogens with one attached hydrogen (secondary N) is 1. The summed E-state index contributed by atoms with van der Waals surface area (Å²) in [4.78, 5) is 33.2. The molecule has 7 nitrogen and oxygen atoms in total. The summed E-state index contributed by atoms with van der Waals surface area (Å²) in [5.41, 5.74) is 2.19. The topological polar surface area (TPSA) is 74.9 Å². The number of fused-ring (bicyclic) bond motifs is 5. The third-order valence-corrected chi connectivity index (χ3v) is 6.08. The van der Waals surface area contributed by atoms with Gasteiger partial charge in [-0.05, 0) is 49.2 Å². The number of ether oxygens (including phenoxy) is 2. The van der Waals surface area contributed by atoms with E-state index in [1.165, 1.54) is 4.90 Å². The third kappa shape index (κ3) is 2.24. The average Bonchev–Trinajstić information content (AvgIpc) is 3.21. The predicted molar refractivity (Wildman–Crippen MR) is 108 cm³/mol. The minimum atomic E-state index is -1.08. The summed E-state index contributed by atoms with van der Waals surface area (Å²) in [5.74, 6) is 1.09. The van der Waals surface area contributed by atoms with Crippen LogP contribution in [0.2, 0.25) is 0 Å². The first-order valence-electron chi connectivity index (χ1n) is 9.48. The van der Waals surface area contributed by atoms with Gasteiger partial charge in [-0.2, -0.15) is 0 Å². The first-order valence-corrected chi connectivity index (χ1v) is 9.48. The smallest absolute Gasteiger partial charge is 0.332 e. The first kappa shape index (κ1) is 17.6. The van der Waals surface area contributed by atoms with Gasteiger partial charge in [0.1, 0.15) is 11.5 Å². The minimum Gasteiger partial charge on any atom is -0.497 e. The Kier molecular flexibility index (Phi) is 3.65. The summed E-state index contributed by atoms with van der Waals surface area (Å²) in [6, 6.07) is 12.5. The van der Waals surface area contributed by atoms with Crippen molar-refractivity contribution in [1.82, 2.24) is 9.88 Å². The van der Waals surface area contributed by atoms with Crippen molar-refractivity contribution in [3.8, 4) is 11.5 Å². The number of nitrogens with zero attached hydrogens (tertiary/aromatic N) is 2. The number of benzene rings is 2. The highest BCUT2D eigenvalue weighted by atomic mass is 16.5. The number of urea groups is 1. The Bertz CT molecular complexity index is 1170. The van der Waals surface area contributed by atoms with Gasteiger partial charge in [0.25, 0.3) is 5.91 Å². The van der Waals surface area contributed by atoms with Gasteiger partial charge in [-0.15, -0.1) is 0 Å². The van der Waals surface area contributed by atoms with E-state index >= 15 is 0 Å². The summed E-state index contributed by atoms with van der Waals surface area (Å²) in [7, 11) is 3.19. The van der Waals surface area contributed by atoms with Crippen LogP contribution in [-0.4, -0.2) is 42.6 Å². The summed E-state index contributed by atoms with van der Waals surface area (Å²) in [6.45, 7) is 2.29. The highest BCUT2D eigenvalue weighted by Gasteiger charge is 2.59. The molecule has 1 saturated heterocycles. The normalized spacial score (nSPS) is 20.8. The van der Waals surface area contributed by atoms with Gasteiger partial charge in [0.15, 0.2) is 5.54 Å². The molecule has 1 aromatic heterocycles. The molecule has 3 aromatic rings. The Hall–Kier alpha value is -3.48. The van der Waals surface area contributed by atoms with Gasteiger partial charge in [0, 0.05) is 23.5 Å². The average molecular weight is 391 g/mol. The van der Waals surface area contributed by atoms with Crippen LogP contribution in [0.25, 0.3) is 10.9 Å². The van der Waals surface area contributed by atoms with Crippen molar-refractivity contribution in [3.63, 3.8) is 0 Å². The number of hydrogen-bond donors (Lipinski definition) is 1. The van der Waals surface area contributed by atoms with E-state index in [4.69, 9.17) is 9.47 Å². The molecule has 29 heavy (non-hydrogen) atoms. The Labute approximate surface area is 167 Å². The molecule has 0 bridgehead atoms. The van der Waals surface area contributed by atoms with Gasteiger partial charge in [-0.25, -0.2) is 9.69 Å². The number of aromatic amines is 1. The second-order valence-corrected chi connectivity index (χ2v) is 7.49. The van der Waals surface area contributed by atoms with Crippen molar-refractivity contribution in [2.24, 2.45) is 0 Å². The number of aromatic nitrogens is 1. The molecule has 2 aliphatic rings. The number of H-pyrrole nitrogens is 1. The quantitative estimate of drug-likeness (QED) is 0.694. The number of imide groups is 1. The van der Waals surface area contributed by atoms with Crippen LogP contribution in [0.5, 0.6) is 11.5 Å². The first-order chi connectivity index (χ1) is 14.0. The molecule has 0 aliphatic carbocycles. The van der Waals surface area contributed by atoms with Crippen LogP contribution in [0.4, 0.5) is 10.5 Å². The molecule has 1 fully saturated rings. The van der Waals surface area contributed by atoms with Crippen LogP contribution in [-0.2, 0) is 16.8 Å². The predicted octanol–water partition coefficient (Wildman–Crippen LogP) is 3.43. The fraction of sp³-hybridized carbons (Fsp3) is 0.273. The number of carbonyl (C=O) groups is 2. The number of hydrogen-bond acceptors (Lipinski definition) is 4. The van der Waals surface area contributed by atoms with E-state index in [1.807, 2.05) is 25.1 Å². The maximum absolute atomic E-state index is 13.6. The molecule has 3 heterocycles. The van der Waals surface area contributed by atoms with Gasteiger partial charge < -0.3 is 19.4 Å². The Morgan fingerprint density at radius 1 is 1.03 bits per heavy atom. The fourth-order valence-electron chi connectivity index (χ4n) is 4.52. The van der Waals surface area contributed by atoms with Gasteiger partial charge in [0.05, 0.1) is 25.6 Å². The van der Waals surface area contributed by atoms with Crippen molar-refractivity contribution >= 4 is 28.5 Å². The molecule has 3 amide bonds. The number of amides is 3. The molecule has 0 radical (unpaired) electrons. The van der Waals surface area contributed by atoms with Gasteiger partial charge in [0.2, 0.25) is 0 Å². The lowest BCUT2D eigenvalue weighted by Crippen LogP contribution is -2.49. The monoisotopic (exact) mass is 391 g/mol. The zero-order valence-corrected chi connectivity index (χ0v) is 16.5. The molecule has 2 aromatic carbocycles. The van der Waals surface area contributed by atoms with Crippen molar-refractivity contribution in [2.75, 3.05) is 25.7 Å². The van der Waals surface area contributed by atoms with Crippen LogP contribution in [0.3, 0.4) is 0 Å². The summed E-state index contributed by atoms with van der Waals surface area (Å²) in [5, 5.41) is 1.03. The van der Waals surface area contributed by atoms with Crippen molar-refractivity contribution in [2.45, 2.75) is 18.9 Å². The minimum absolute atomic E-state index is 0.268. The second-order valence-electron chi connectivity index (χ2n) is 7.49. The van der Waals surface area contributed by atoms with Crippen molar-refractivity contribution in [1.29, 1.82) is 0 Å². The van der Waals surface area contributed by atoms with Crippen LogP contribution in [0.1, 0.15) is 18.2 Å². The number of anilines is 1. The zero-order chi connectivity index (χ0) is 20.3. The number of carbonyl (C=O) groups excluding carboxylic acids is 2. The van der Waals surface area contributed by atoms with Crippen molar-refractivity contribution < 1.29 is 19.1 Å². The zero-order valence-electron chi connectivity index (χ0n) is 16.5. The molecule has 148 valence electrons. The summed E-state index contributed by atoms with van der Waals surface area (Å²) < 4.78 is 10.6. The number of rotatable bonds is 3. The van der Waals surface area contributed by atoms with E-state index in [0.29, 0.717) is 24.4 Å². The van der Waals surface area contributed by atoms with Crippen molar-refractivity contribution in [3.05, 3.63) is 53.7 Å². The lowest BCUT2D eigenvalue weighted by atomic mass is 9.87. The highest BCUT2D eigenvalue weighted by molar-refractivity contribution is 6.23. The van der Waals surface area contributed by atoms with Crippen LogP contribution in [0.15, 0.2) is 42.5 Å². The third-order valence-electron chi connectivity index (χ3n) is 6.08. The molecule has 2 aliphatic heterocycles. The molecule has 0 saturated carbocycles. The van der Waals surface area contributed by atoms with E-state index in [-0.39, 0.29) is 11.9 Å². The molecule has 7 heteroatoms. The maximum Gasteiger partial charge on any atom is 0.332 e. The van der Waals surface area contributed by atoms with Gasteiger partial charge in [-0.1, -0.05) is 6.07 Å². The molecular formula is C22H21N3O4. The second kappa shape index (κ2) is 6.01. The Balaban J connectivity index is 1.66. The van der Waals surface area contributed by atoms with Gasteiger partial charge in [-0.3, -0.25) is 4.79 Å². The molecule has 1 N–H and O–H groups in total.